The third-order valence-electron chi connectivity index (χ3n) is 4.16. The van der Waals surface area contributed by atoms with Crippen LogP contribution in [0.15, 0.2) is 16.8 Å². The fourth-order valence-corrected chi connectivity index (χ4v) is 3.71. The summed E-state index contributed by atoms with van der Waals surface area (Å²) in [5.41, 5.74) is 1.44. The van der Waals surface area contributed by atoms with Crippen LogP contribution in [0.3, 0.4) is 0 Å². The smallest absolute Gasteiger partial charge is 0.0302 e. The van der Waals surface area contributed by atoms with Crippen LogP contribution in [0.1, 0.15) is 64.0 Å². The maximum absolute atomic E-state index is 3.79. The maximum Gasteiger partial charge on any atom is 0.0302 e. The number of nitrogens with one attached hydrogen (secondary N) is 1. The summed E-state index contributed by atoms with van der Waals surface area (Å²) in [5.74, 6) is 0.888. The highest BCUT2D eigenvalue weighted by atomic mass is 32.1. The molecule has 0 radical (unpaired) electrons. The molecule has 1 heterocycles. The Labute approximate surface area is 110 Å². The molecule has 2 atom stereocenters. The zero-order chi connectivity index (χ0) is 12.1. The van der Waals surface area contributed by atoms with Crippen molar-refractivity contribution >= 4 is 11.3 Å². The first kappa shape index (κ1) is 13.1. The molecular weight excluding hydrogens is 226 g/mol. The van der Waals surface area contributed by atoms with Crippen LogP contribution in [0.5, 0.6) is 0 Å². The lowest BCUT2D eigenvalue weighted by molar-refractivity contribution is 0.316. The van der Waals surface area contributed by atoms with Gasteiger partial charge in [0, 0.05) is 12.1 Å². The van der Waals surface area contributed by atoms with Gasteiger partial charge in [-0.3, -0.25) is 0 Å². The van der Waals surface area contributed by atoms with Crippen molar-refractivity contribution in [1.29, 1.82) is 0 Å². The third kappa shape index (κ3) is 3.82. The van der Waals surface area contributed by atoms with E-state index in [9.17, 15) is 0 Å². The molecule has 2 rings (SSSR count). The summed E-state index contributed by atoms with van der Waals surface area (Å²) >= 11 is 1.79. The Balaban J connectivity index is 1.85. The molecule has 1 N–H and O–H groups in total. The summed E-state index contributed by atoms with van der Waals surface area (Å²) in [6, 6.07) is 3.39. The van der Waals surface area contributed by atoms with Gasteiger partial charge in [-0.2, -0.15) is 11.3 Å². The van der Waals surface area contributed by atoms with E-state index >= 15 is 0 Å². The van der Waals surface area contributed by atoms with Crippen molar-refractivity contribution in [2.75, 3.05) is 0 Å². The molecule has 0 aliphatic heterocycles. The Bertz CT molecular complexity index is 299. The van der Waals surface area contributed by atoms with Gasteiger partial charge in [0.2, 0.25) is 0 Å². The van der Waals surface area contributed by atoms with Gasteiger partial charge in [0.25, 0.3) is 0 Å². The topological polar surface area (TPSA) is 12.0 Å². The van der Waals surface area contributed by atoms with Crippen LogP contribution in [0.2, 0.25) is 0 Å². The zero-order valence-corrected chi connectivity index (χ0v) is 11.9. The molecule has 1 fully saturated rings. The van der Waals surface area contributed by atoms with Gasteiger partial charge < -0.3 is 5.32 Å². The summed E-state index contributed by atoms with van der Waals surface area (Å²) < 4.78 is 0. The molecule has 1 aliphatic rings. The van der Waals surface area contributed by atoms with Crippen molar-refractivity contribution in [2.24, 2.45) is 5.92 Å². The van der Waals surface area contributed by atoms with Crippen LogP contribution >= 0.6 is 11.3 Å². The van der Waals surface area contributed by atoms with Crippen molar-refractivity contribution in [3.63, 3.8) is 0 Å². The van der Waals surface area contributed by atoms with Gasteiger partial charge in [0.15, 0.2) is 0 Å². The van der Waals surface area contributed by atoms with Crippen LogP contribution in [0, 0.1) is 5.92 Å². The molecule has 1 nitrogen and oxygen atoms in total. The lowest BCUT2D eigenvalue weighted by Gasteiger charge is -2.27. The third-order valence-corrected chi connectivity index (χ3v) is 4.86. The van der Waals surface area contributed by atoms with Gasteiger partial charge in [-0.1, -0.05) is 25.7 Å². The highest BCUT2D eigenvalue weighted by Gasteiger charge is 2.20. The SMILES string of the molecule is CC(N[C@H](C)C1CCCCCC1)c1ccsc1. The zero-order valence-electron chi connectivity index (χ0n) is 11.1. The second-order valence-electron chi connectivity index (χ2n) is 5.49. The summed E-state index contributed by atoms with van der Waals surface area (Å²) in [4.78, 5) is 0. The molecule has 1 aromatic heterocycles. The normalized spacial score (nSPS) is 22.0. The number of hydrogen-bond donors (Lipinski definition) is 1. The minimum Gasteiger partial charge on any atom is -0.307 e. The van der Waals surface area contributed by atoms with Gasteiger partial charge >= 0.3 is 0 Å². The average molecular weight is 251 g/mol. The molecule has 2 heteroatoms. The molecule has 0 aromatic carbocycles. The molecule has 0 amide bonds. The minimum atomic E-state index is 0.500. The Kier molecular flexibility index (Phi) is 5.05. The molecule has 17 heavy (non-hydrogen) atoms. The van der Waals surface area contributed by atoms with Gasteiger partial charge in [-0.25, -0.2) is 0 Å². The van der Waals surface area contributed by atoms with Crippen LogP contribution in [0.25, 0.3) is 0 Å². The molecule has 1 aliphatic carbocycles. The van der Waals surface area contributed by atoms with Crippen molar-refractivity contribution in [1.82, 2.24) is 5.32 Å². The fourth-order valence-electron chi connectivity index (χ4n) is 2.96. The highest BCUT2D eigenvalue weighted by molar-refractivity contribution is 7.07. The fraction of sp³-hybridized carbons (Fsp3) is 0.733. The Morgan fingerprint density at radius 1 is 1.18 bits per heavy atom. The summed E-state index contributed by atoms with van der Waals surface area (Å²) in [6.07, 6.45) is 8.61. The second-order valence-corrected chi connectivity index (χ2v) is 6.27. The molecule has 96 valence electrons. The van der Waals surface area contributed by atoms with Gasteiger partial charge in [0.1, 0.15) is 0 Å². The van der Waals surface area contributed by atoms with Gasteiger partial charge in [-0.05, 0) is 55.0 Å². The maximum atomic E-state index is 3.79. The van der Waals surface area contributed by atoms with Crippen molar-refractivity contribution < 1.29 is 0 Å². The van der Waals surface area contributed by atoms with E-state index < -0.39 is 0 Å². The largest absolute Gasteiger partial charge is 0.307 e. The van der Waals surface area contributed by atoms with Crippen LogP contribution in [-0.4, -0.2) is 6.04 Å². The standard InChI is InChI=1S/C15H25NS/c1-12(14-7-5-3-4-6-8-14)16-13(2)15-9-10-17-11-15/h9-14,16H,3-8H2,1-2H3/t12-,13?/m1/s1. The summed E-state index contributed by atoms with van der Waals surface area (Å²) in [6.45, 7) is 4.66. The average Bonchev–Trinajstić information content (AvgIpc) is 2.71. The highest BCUT2D eigenvalue weighted by Crippen LogP contribution is 2.27. The number of thiophene rings is 1. The minimum absolute atomic E-state index is 0.500. The summed E-state index contributed by atoms with van der Waals surface area (Å²) in [5, 5.41) is 8.22. The second kappa shape index (κ2) is 6.55. The number of rotatable bonds is 4. The van der Waals surface area contributed by atoms with Crippen molar-refractivity contribution in [2.45, 2.75) is 64.5 Å². The predicted octanol–water partition coefficient (Wildman–Crippen LogP) is 4.76. The molecule has 0 bridgehead atoms. The number of hydrogen-bond acceptors (Lipinski definition) is 2. The van der Waals surface area contributed by atoms with E-state index in [1.54, 1.807) is 11.3 Å². The van der Waals surface area contributed by atoms with E-state index in [0.29, 0.717) is 12.1 Å². The first-order chi connectivity index (χ1) is 8.27. The monoisotopic (exact) mass is 251 g/mol. The van der Waals surface area contributed by atoms with Crippen molar-refractivity contribution in [3.8, 4) is 0 Å². The van der Waals surface area contributed by atoms with E-state index in [0.717, 1.165) is 5.92 Å². The predicted molar refractivity (Wildman–Crippen MR) is 76.5 cm³/mol. The Morgan fingerprint density at radius 2 is 1.88 bits per heavy atom. The summed E-state index contributed by atoms with van der Waals surface area (Å²) in [7, 11) is 0. The van der Waals surface area contributed by atoms with E-state index in [-0.39, 0.29) is 0 Å². The Morgan fingerprint density at radius 3 is 2.47 bits per heavy atom. The van der Waals surface area contributed by atoms with E-state index in [1.807, 2.05) is 0 Å². The Hall–Kier alpha value is -0.340. The first-order valence-electron chi connectivity index (χ1n) is 7.05. The lowest BCUT2D eigenvalue weighted by atomic mass is 9.92. The molecule has 0 spiro atoms. The first-order valence-corrected chi connectivity index (χ1v) is 8.00. The van der Waals surface area contributed by atoms with Crippen molar-refractivity contribution in [3.05, 3.63) is 22.4 Å². The quantitative estimate of drug-likeness (QED) is 0.761. The van der Waals surface area contributed by atoms with E-state index in [2.05, 4.69) is 36.0 Å². The van der Waals surface area contributed by atoms with Gasteiger partial charge in [-0.15, -0.1) is 0 Å². The molecule has 0 saturated heterocycles. The van der Waals surface area contributed by atoms with Gasteiger partial charge in [0.05, 0.1) is 0 Å². The van der Waals surface area contributed by atoms with E-state index in [4.69, 9.17) is 0 Å². The molecule has 1 aromatic rings. The molecule has 1 unspecified atom stereocenters. The van der Waals surface area contributed by atoms with E-state index in [1.165, 1.54) is 44.1 Å². The van der Waals surface area contributed by atoms with Crippen LogP contribution < -0.4 is 5.32 Å². The lowest BCUT2D eigenvalue weighted by Crippen LogP contribution is -2.35. The molecular formula is C15H25NS. The molecule has 1 saturated carbocycles. The van der Waals surface area contributed by atoms with Crippen LogP contribution in [-0.2, 0) is 0 Å². The van der Waals surface area contributed by atoms with Crippen LogP contribution in [0.4, 0.5) is 0 Å².